The van der Waals surface area contributed by atoms with E-state index in [-0.39, 0.29) is 5.82 Å². The zero-order chi connectivity index (χ0) is 20.3. The van der Waals surface area contributed by atoms with Crippen LogP contribution in [0.2, 0.25) is 0 Å². The van der Waals surface area contributed by atoms with E-state index in [4.69, 9.17) is 0 Å². The van der Waals surface area contributed by atoms with Crippen molar-refractivity contribution in [3.63, 3.8) is 0 Å². The number of hydrogen-bond acceptors (Lipinski definition) is 4. The summed E-state index contributed by atoms with van der Waals surface area (Å²) in [6.07, 6.45) is 1.55. The number of fused-ring (bicyclic) bond motifs is 1. The summed E-state index contributed by atoms with van der Waals surface area (Å²) in [5, 5.41) is 6.36. The average Bonchev–Trinajstić information content (AvgIpc) is 3.24. The highest BCUT2D eigenvalue weighted by Gasteiger charge is 2.13. The Morgan fingerprint density at radius 3 is 2.27 bits per heavy atom. The molecule has 3 nitrogen and oxygen atoms in total. The number of thiophene rings is 1. The Labute approximate surface area is 177 Å². The van der Waals surface area contributed by atoms with E-state index in [9.17, 15) is 4.39 Å². The smallest absolute Gasteiger partial charge is 0.139 e. The molecule has 5 rings (SSSR count). The zero-order valence-corrected chi connectivity index (χ0v) is 16.9. The molecule has 3 aromatic carbocycles. The van der Waals surface area contributed by atoms with Crippen LogP contribution in [0.4, 0.5) is 10.2 Å². The van der Waals surface area contributed by atoms with Gasteiger partial charge in [-0.1, -0.05) is 72.8 Å². The van der Waals surface area contributed by atoms with Gasteiger partial charge >= 0.3 is 0 Å². The molecule has 146 valence electrons. The summed E-state index contributed by atoms with van der Waals surface area (Å²) >= 11 is 1.58. The van der Waals surface area contributed by atoms with Crippen LogP contribution in [0.25, 0.3) is 32.5 Å². The van der Waals surface area contributed by atoms with Crippen molar-refractivity contribution in [3.05, 3.63) is 102 Å². The van der Waals surface area contributed by atoms with Crippen molar-refractivity contribution in [3.8, 4) is 22.3 Å². The van der Waals surface area contributed by atoms with Crippen LogP contribution in [0, 0.1) is 5.82 Å². The highest BCUT2D eigenvalue weighted by molar-refractivity contribution is 7.17. The third kappa shape index (κ3) is 3.55. The number of halogens is 1. The van der Waals surface area contributed by atoms with E-state index in [2.05, 4.69) is 57.1 Å². The van der Waals surface area contributed by atoms with Crippen LogP contribution in [0.3, 0.4) is 0 Å². The van der Waals surface area contributed by atoms with E-state index in [0.29, 0.717) is 17.9 Å². The maximum atomic E-state index is 14.0. The number of benzene rings is 3. The molecule has 1 N–H and O–H groups in total. The third-order valence-electron chi connectivity index (χ3n) is 5.08. The Hall–Kier alpha value is -3.57. The maximum Gasteiger partial charge on any atom is 0.139 e. The van der Waals surface area contributed by atoms with Crippen LogP contribution in [0.5, 0.6) is 0 Å². The number of nitrogens with one attached hydrogen (secondary N) is 1. The molecule has 2 heterocycles. The van der Waals surface area contributed by atoms with Gasteiger partial charge < -0.3 is 5.32 Å². The third-order valence-corrected chi connectivity index (χ3v) is 5.96. The number of rotatable bonds is 5. The molecule has 2 aromatic heterocycles. The first-order chi connectivity index (χ1) is 14.8. The van der Waals surface area contributed by atoms with Crippen LogP contribution < -0.4 is 5.32 Å². The van der Waals surface area contributed by atoms with Crippen molar-refractivity contribution in [1.29, 1.82) is 0 Å². The molecule has 0 amide bonds. The predicted octanol–water partition coefficient (Wildman–Crippen LogP) is 6.78. The van der Waals surface area contributed by atoms with Crippen molar-refractivity contribution in [2.45, 2.75) is 6.54 Å². The summed E-state index contributed by atoms with van der Waals surface area (Å²) < 4.78 is 14.0. The topological polar surface area (TPSA) is 37.8 Å². The quantitative estimate of drug-likeness (QED) is 0.346. The lowest BCUT2D eigenvalue weighted by Gasteiger charge is -2.09. The number of hydrogen-bond donors (Lipinski definition) is 1. The molecule has 5 aromatic rings. The molecular weight excluding hydrogens is 393 g/mol. The molecule has 0 fully saturated rings. The van der Waals surface area contributed by atoms with Gasteiger partial charge in [-0.2, -0.15) is 0 Å². The van der Waals surface area contributed by atoms with Crippen molar-refractivity contribution >= 4 is 27.4 Å². The van der Waals surface area contributed by atoms with Crippen LogP contribution >= 0.6 is 11.3 Å². The van der Waals surface area contributed by atoms with E-state index in [1.165, 1.54) is 17.2 Å². The molecule has 0 saturated heterocycles. The fraction of sp³-hybridized carbons (Fsp3) is 0.0400. The number of aromatic nitrogens is 2. The highest BCUT2D eigenvalue weighted by atomic mass is 32.1. The average molecular weight is 412 g/mol. The monoisotopic (exact) mass is 411 g/mol. The molecule has 30 heavy (non-hydrogen) atoms. The van der Waals surface area contributed by atoms with Crippen molar-refractivity contribution < 1.29 is 4.39 Å². The second-order valence-electron chi connectivity index (χ2n) is 6.94. The summed E-state index contributed by atoms with van der Waals surface area (Å²) in [5.41, 5.74) is 5.15. The summed E-state index contributed by atoms with van der Waals surface area (Å²) in [5.74, 6) is 0.490. The van der Waals surface area contributed by atoms with E-state index < -0.39 is 0 Å². The van der Waals surface area contributed by atoms with E-state index >= 15 is 0 Å². The van der Waals surface area contributed by atoms with Gasteiger partial charge in [0.05, 0.1) is 5.39 Å². The second-order valence-corrected chi connectivity index (χ2v) is 7.80. The standard InChI is InChI=1S/C25H18FN3S/c26-22-9-5-4-8-20(22)14-27-24-23-21(15-30-25(23)29-16-28-24)19-12-10-18(11-13-19)17-6-2-1-3-7-17/h1-13,15-16H,14H2,(H,27,28,29). The zero-order valence-electron chi connectivity index (χ0n) is 16.0. The Morgan fingerprint density at radius 2 is 1.47 bits per heavy atom. The SMILES string of the molecule is Fc1ccccc1CNc1ncnc2scc(-c3ccc(-c4ccccc4)cc3)c12. The van der Waals surface area contributed by atoms with Gasteiger partial charge in [0.15, 0.2) is 0 Å². The highest BCUT2D eigenvalue weighted by Crippen LogP contribution is 2.37. The van der Waals surface area contributed by atoms with E-state index in [0.717, 1.165) is 21.3 Å². The minimum Gasteiger partial charge on any atom is -0.365 e. The summed E-state index contributed by atoms with van der Waals surface area (Å²) in [6, 6.07) is 25.6. The lowest BCUT2D eigenvalue weighted by atomic mass is 10.0. The Morgan fingerprint density at radius 1 is 0.767 bits per heavy atom. The number of nitrogens with zero attached hydrogens (tertiary/aromatic N) is 2. The van der Waals surface area contributed by atoms with Gasteiger partial charge in [-0.05, 0) is 22.8 Å². The van der Waals surface area contributed by atoms with Gasteiger partial charge in [-0.25, -0.2) is 14.4 Å². The molecule has 0 saturated carbocycles. The summed E-state index contributed by atoms with van der Waals surface area (Å²) in [4.78, 5) is 9.76. The largest absolute Gasteiger partial charge is 0.365 e. The Kier molecular flexibility index (Phi) is 4.95. The molecule has 0 aliphatic rings. The maximum absolute atomic E-state index is 14.0. The normalized spacial score (nSPS) is 11.0. The van der Waals surface area contributed by atoms with Crippen molar-refractivity contribution in [2.24, 2.45) is 0 Å². The first kappa shape index (κ1) is 18.5. The molecule has 0 aliphatic carbocycles. The molecule has 5 heteroatoms. The van der Waals surface area contributed by atoms with Crippen molar-refractivity contribution in [2.75, 3.05) is 5.32 Å². The van der Waals surface area contributed by atoms with Gasteiger partial charge in [-0.3, -0.25) is 0 Å². The first-order valence-corrected chi connectivity index (χ1v) is 10.5. The fourth-order valence-corrected chi connectivity index (χ4v) is 4.43. The lowest BCUT2D eigenvalue weighted by molar-refractivity contribution is 0.613. The van der Waals surface area contributed by atoms with Crippen molar-refractivity contribution in [1.82, 2.24) is 9.97 Å². The van der Waals surface area contributed by atoms with Crippen LogP contribution in [-0.4, -0.2) is 9.97 Å². The van der Waals surface area contributed by atoms with Gasteiger partial charge in [0.2, 0.25) is 0 Å². The number of anilines is 1. The second kappa shape index (κ2) is 8.05. The molecule has 0 bridgehead atoms. The van der Waals surface area contributed by atoms with Crippen LogP contribution in [0.1, 0.15) is 5.56 Å². The van der Waals surface area contributed by atoms with E-state index in [1.54, 1.807) is 29.8 Å². The van der Waals surface area contributed by atoms with E-state index in [1.807, 2.05) is 24.3 Å². The molecule has 0 spiro atoms. The molecule has 0 radical (unpaired) electrons. The van der Waals surface area contributed by atoms with Gasteiger partial charge in [0.1, 0.15) is 22.8 Å². The molecular formula is C25H18FN3S. The van der Waals surface area contributed by atoms with Crippen LogP contribution in [-0.2, 0) is 6.54 Å². The van der Waals surface area contributed by atoms with Gasteiger partial charge in [-0.15, -0.1) is 11.3 Å². The fourth-order valence-electron chi connectivity index (χ4n) is 3.52. The Bertz CT molecular complexity index is 1300. The molecule has 0 unspecified atom stereocenters. The van der Waals surface area contributed by atoms with Crippen LogP contribution in [0.15, 0.2) is 90.6 Å². The lowest BCUT2D eigenvalue weighted by Crippen LogP contribution is -2.04. The minimum absolute atomic E-state index is 0.225. The predicted molar refractivity (Wildman–Crippen MR) is 122 cm³/mol. The summed E-state index contributed by atoms with van der Waals surface area (Å²) in [6.45, 7) is 0.362. The Balaban J connectivity index is 1.49. The summed E-state index contributed by atoms with van der Waals surface area (Å²) in [7, 11) is 0. The molecule has 0 atom stereocenters. The van der Waals surface area contributed by atoms with Gasteiger partial charge in [0.25, 0.3) is 0 Å². The van der Waals surface area contributed by atoms with Gasteiger partial charge in [0, 0.05) is 23.1 Å². The first-order valence-electron chi connectivity index (χ1n) is 9.65. The minimum atomic E-state index is -0.225. The molecule has 0 aliphatic heterocycles.